The van der Waals surface area contributed by atoms with Crippen LogP contribution in [0.5, 0.6) is 5.75 Å². The molecule has 2 heterocycles. The third-order valence-corrected chi connectivity index (χ3v) is 7.69. The molecule has 3 fully saturated rings. The lowest BCUT2D eigenvalue weighted by Crippen LogP contribution is -2.49. The molecule has 0 spiro atoms. The zero-order chi connectivity index (χ0) is 23.5. The minimum Gasteiger partial charge on any atom is -0.504 e. The Morgan fingerprint density at radius 1 is 1.21 bits per heavy atom. The molecule has 4 atom stereocenters. The lowest BCUT2D eigenvalue weighted by molar-refractivity contribution is -0.137. The van der Waals surface area contributed by atoms with Gasteiger partial charge in [-0.2, -0.15) is 0 Å². The summed E-state index contributed by atoms with van der Waals surface area (Å²) in [6, 6.07) is 4.58. The maximum Gasteiger partial charge on any atom is 0.337 e. The largest absolute Gasteiger partial charge is 0.504 e. The van der Waals surface area contributed by atoms with Crippen molar-refractivity contribution in [2.24, 2.45) is 11.8 Å². The highest BCUT2D eigenvalue weighted by Crippen LogP contribution is 2.47. The van der Waals surface area contributed by atoms with E-state index < -0.39 is 0 Å². The molecule has 0 amide bonds. The summed E-state index contributed by atoms with van der Waals surface area (Å²) in [6.45, 7) is 4.11. The molecule has 2 aliphatic heterocycles. The molecule has 1 aliphatic carbocycles. The van der Waals surface area contributed by atoms with Gasteiger partial charge in [0, 0.05) is 30.9 Å². The van der Waals surface area contributed by atoms with Gasteiger partial charge in [-0.1, -0.05) is 19.4 Å². The molecule has 1 aromatic carbocycles. The monoisotopic (exact) mass is 456 g/mol. The van der Waals surface area contributed by atoms with Crippen LogP contribution in [0.3, 0.4) is 0 Å². The fraction of sp³-hybridized carbons (Fsp3) is 0.615. The van der Waals surface area contributed by atoms with Gasteiger partial charge in [0.1, 0.15) is 5.75 Å². The molecule has 3 aliphatic rings. The Morgan fingerprint density at radius 2 is 2.00 bits per heavy atom. The number of fused-ring (bicyclic) bond motifs is 1. The van der Waals surface area contributed by atoms with Crippen molar-refractivity contribution in [2.45, 2.75) is 57.0 Å². The van der Waals surface area contributed by atoms with Crippen molar-refractivity contribution < 1.29 is 23.8 Å². The highest BCUT2D eigenvalue weighted by Gasteiger charge is 2.45. The highest BCUT2D eigenvalue weighted by atomic mass is 16.5. The Kier molecular flexibility index (Phi) is 7.27. The molecule has 0 radical (unpaired) electrons. The van der Waals surface area contributed by atoms with Gasteiger partial charge >= 0.3 is 5.97 Å². The van der Waals surface area contributed by atoms with E-state index in [1.807, 2.05) is 6.07 Å². The Hall–Kier alpha value is -2.54. The van der Waals surface area contributed by atoms with E-state index in [0.717, 1.165) is 62.7 Å². The van der Waals surface area contributed by atoms with Crippen molar-refractivity contribution in [3.63, 3.8) is 0 Å². The molecule has 0 bridgehead atoms. The number of piperidine rings is 1. The average molecular weight is 457 g/mol. The summed E-state index contributed by atoms with van der Waals surface area (Å²) in [7, 11) is 4.63. The predicted molar refractivity (Wildman–Crippen MR) is 127 cm³/mol. The molecule has 4 unspecified atom stereocenters. The van der Waals surface area contributed by atoms with E-state index in [9.17, 15) is 9.59 Å². The standard InChI is InChI=1S/C26H36N2O5/c1-5-16-13-28-11-10-23(24(28)12-19(16)21(15-31-2)26(30)33-4)27-22-9-8-18(17-6-7-17)25(32-3)20(22)14-29/h8-9,14-17,19,23-24,27H,5-7,10-13H2,1-4H3/b21-15-. The van der Waals surface area contributed by atoms with Crippen molar-refractivity contribution in [1.29, 1.82) is 0 Å². The first-order valence-electron chi connectivity index (χ1n) is 12.0. The number of esters is 1. The number of anilines is 1. The number of hydrogen-bond acceptors (Lipinski definition) is 7. The van der Waals surface area contributed by atoms with Crippen LogP contribution in [0, 0.1) is 11.8 Å². The number of nitrogens with one attached hydrogen (secondary N) is 1. The molecule has 1 aromatic rings. The molecule has 33 heavy (non-hydrogen) atoms. The summed E-state index contributed by atoms with van der Waals surface area (Å²) in [5.41, 5.74) is 3.18. The van der Waals surface area contributed by atoms with Gasteiger partial charge in [-0.3, -0.25) is 9.69 Å². The Labute approximate surface area is 196 Å². The fourth-order valence-corrected chi connectivity index (χ4v) is 5.84. The molecule has 1 N–H and O–H groups in total. The number of aldehydes is 1. The van der Waals surface area contributed by atoms with Crippen molar-refractivity contribution in [3.05, 3.63) is 35.1 Å². The second-order valence-corrected chi connectivity index (χ2v) is 9.45. The van der Waals surface area contributed by atoms with Gasteiger partial charge in [0.15, 0.2) is 6.29 Å². The van der Waals surface area contributed by atoms with Crippen LogP contribution in [-0.2, 0) is 14.3 Å². The maximum atomic E-state index is 12.5. The number of hydrogen-bond donors (Lipinski definition) is 1. The van der Waals surface area contributed by atoms with Gasteiger partial charge < -0.3 is 19.5 Å². The van der Waals surface area contributed by atoms with Crippen LogP contribution in [0.1, 0.15) is 60.9 Å². The summed E-state index contributed by atoms with van der Waals surface area (Å²) in [5.74, 6) is 1.33. The van der Waals surface area contributed by atoms with Gasteiger partial charge in [0.05, 0.1) is 38.7 Å². The molecular formula is C26H36N2O5. The van der Waals surface area contributed by atoms with Crippen molar-refractivity contribution >= 4 is 17.9 Å². The minimum absolute atomic E-state index is 0.0726. The van der Waals surface area contributed by atoms with E-state index in [-0.39, 0.29) is 24.0 Å². The smallest absolute Gasteiger partial charge is 0.337 e. The Morgan fingerprint density at radius 3 is 2.61 bits per heavy atom. The Balaban J connectivity index is 1.58. The first-order valence-corrected chi connectivity index (χ1v) is 12.0. The van der Waals surface area contributed by atoms with Gasteiger partial charge in [-0.15, -0.1) is 0 Å². The van der Waals surface area contributed by atoms with Crippen molar-refractivity contribution in [1.82, 2.24) is 4.90 Å². The number of carbonyl (C=O) groups is 2. The fourth-order valence-electron chi connectivity index (χ4n) is 5.84. The summed E-state index contributed by atoms with van der Waals surface area (Å²) >= 11 is 0. The second-order valence-electron chi connectivity index (χ2n) is 9.45. The van der Waals surface area contributed by atoms with Crippen LogP contribution in [0.4, 0.5) is 5.69 Å². The maximum absolute atomic E-state index is 12.5. The minimum atomic E-state index is -0.320. The lowest BCUT2D eigenvalue weighted by Gasteiger charge is -2.42. The zero-order valence-electron chi connectivity index (χ0n) is 20.1. The zero-order valence-corrected chi connectivity index (χ0v) is 20.1. The molecule has 4 rings (SSSR count). The number of nitrogens with zero attached hydrogens (tertiary/aromatic N) is 1. The number of benzene rings is 1. The van der Waals surface area contributed by atoms with E-state index in [1.165, 1.54) is 7.11 Å². The van der Waals surface area contributed by atoms with E-state index in [1.54, 1.807) is 20.5 Å². The van der Waals surface area contributed by atoms with E-state index >= 15 is 0 Å². The number of carbonyl (C=O) groups excluding carboxylic acids is 2. The van der Waals surface area contributed by atoms with Crippen LogP contribution in [-0.4, -0.2) is 63.7 Å². The predicted octanol–water partition coefficient (Wildman–Crippen LogP) is 3.99. The normalized spacial score (nSPS) is 27.6. The van der Waals surface area contributed by atoms with Gasteiger partial charge in [-0.25, -0.2) is 4.79 Å². The SMILES string of the molecule is CCC1CN2CCC(Nc3ccc(C4CC4)c(OC)c3C=O)C2CC1/C(=C/OC)C(=O)OC. The van der Waals surface area contributed by atoms with Crippen LogP contribution in [0.15, 0.2) is 24.0 Å². The molecule has 7 heteroatoms. The van der Waals surface area contributed by atoms with Gasteiger partial charge in [-0.05, 0) is 55.1 Å². The molecule has 7 nitrogen and oxygen atoms in total. The first kappa shape index (κ1) is 23.6. The van der Waals surface area contributed by atoms with E-state index in [2.05, 4.69) is 23.2 Å². The molecule has 1 saturated carbocycles. The first-order chi connectivity index (χ1) is 16.1. The quantitative estimate of drug-likeness (QED) is 0.261. The lowest BCUT2D eigenvalue weighted by atomic mass is 9.75. The van der Waals surface area contributed by atoms with Crippen molar-refractivity contribution in [3.8, 4) is 5.75 Å². The summed E-state index contributed by atoms with van der Waals surface area (Å²) in [4.78, 5) is 27.1. The van der Waals surface area contributed by atoms with Crippen LogP contribution in [0.25, 0.3) is 0 Å². The number of methoxy groups -OCH3 is 3. The van der Waals surface area contributed by atoms with Crippen molar-refractivity contribution in [2.75, 3.05) is 39.7 Å². The van der Waals surface area contributed by atoms with Gasteiger partial charge in [0.25, 0.3) is 0 Å². The Bertz CT molecular complexity index is 910. The molecule has 180 valence electrons. The van der Waals surface area contributed by atoms with E-state index in [4.69, 9.17) is 14.2 Å². The molecule has 2 saturated heterocycles. The van der Waals surface area contributed by atoms with Crippen LogP contribution in [0.2, 0.25) is 0 Å². The number of ether oxygens (including phenoxy) is 3. The summed E-state index contributed by atoms with van der Waals surface area (Å²) in [6.07, 6.45) is 7.58. The molecular weight excluding hydrogens is 420 g/mol. The van der Waals surface area contributed by atoms with Crippen LogP contribution >= 0.6 is 0 Å². The highest BCUT2D eigenvalue weighted by molar-refractivity contribution is 5.90. The third kappa shape index (κ3) is 4.60. The van der Waals surface area contributed by atoms with Crippen LogP contribution < -0.4 is 10.1 Å². The van der Waals surface area contributed by atoms with E-state index in [0.29, 0.717) is 28.7 Å². The third-order valence-electron chi connectivity index (χ3n) is 7.69. The summed E-state index contributed by atoms with van der Waals surface area (Å²) < 4.78 is 16.0. The molecule has 0 aromatic heterocycles. The second kappa shape index (κ2) is 10.2. The topological polar surface area (TPSA) is 77.1 Å². The number of rotatable bonds is 9. The van der Waals surface area contributed by atoms with Gasteiger partial charge in [0.2, 0.25) is 0 Å². The summed E-state index contributed by atoms with van der Waals surface area (Å²) in [5, 5.41) is 3.67. The average Bonchev–Trinajstić information content (AvgIpc) is 3.62.